The first kappa shape index (κ1) is 17.9. The fourth-order valence-electron chi connectivity index (χ4n) is 2.56. The Bertz CT molecular complexity index is 640. The Balaban J connectivity index is 1.97. The van der Waals surface area contributed by atoms with E-state index in [1.165, 1.54) is 30.2 Å². The summed E-state index contributed by atoms with van der Waals surface area (Å²) < 4.78 is 48.8. The Hall–Kier alpha value is -2.43. The van der Waals surface area contributed by atoms with Gasteiger partial charge in [-0.1, -0.05) is 0 Å². The van der Waals surface area contributed by atoms with Crippen molar-refractivity contribution in [2.75, 3.05) is 26.8 Å². The number of piperidine rings is 1. The molecule has 0 saturated carbocycles. The standard InChI is InChI=1S/C16H17F3N2O3/c1-23-14-7-11(8-20)4-5-13(14)24-10-15(22)21-6-2-3-12(9-21)16(17,18)19/h4-5,7,12H,2-3,6,9-10H2,1H3. The zero-order chi connectivity index (χ0) is 17.7. The van der Waals surface area contributed by atoms with Gasteiger partial charge in [0.15, 0.2) is 18.1 Å². The second kappa shape index (κ2) is 7.43. The number of likely N-dealkylation sites (tertiary alicyclic amines) is 1. The molecule has 0 aliphatic carbocycles. The molecule has 8 heteroatoms. The first-order valence-electron chi connectivity index (χ1n) is 7.40. The fourth-order valence-corrected chi connectivity index (χ4v) is 2.56. The van der Waals surface area contributed by atoms with Crippen LogP contribution in [0.25, 0.3) is 0 Å². The number of nitriles is 1. The maximum Gasteiger partial charge on any atom is 0.393 e. The van der Waals surface area contributed by atoms with Crippen molar-refractivity contribution in [3.8, 4) is 17.6 Å². The average molecular weight is 342 g/mol. The van der Waals surface area contributed by atoms with E-state index in [0.29, 0.717) is 18.5 Å². The molecule has 24 heavy (non-hydrogen) atoms. The number of nitrogens with zero attached hydrogens (tertiary/aromatic N) is 2. The van der Waals surface area contributed by atoms with Crippen molar-refractivity contribution in [3.05, 3.63) is 23.8 Å². The molecule has 2 rings (SSSR count). The van der Waals surface area contributed by atoms with Gasteiger partial charge in [-0.15, -0.1) is 0 Å². The Morgan fingerprint density at radius 1 is 1.42 bits per heavy atom. The summed E-state index contributed by atoms with van der Waals surface area (Å²) in [7, 11) is 1.39. The van der Waals surface area contributed by atoms with E-state index in [1.54, 1.807) is 0 Å². The van der Waals surface area contributed by atoms with Crippen LogP contribution in [0.2, 0.25) is 0 Å². The molecule has 1 aromatic carbocycles. The summed E-state index contributed by atoms with van der Waals surface area (Å²) >= 11 is 0. The molecule has 1 aliphatic heterocycles. The minimum absolute atomic E-state index is 0.0393. The Kier molecular flexibility index (Phi) is 5.54. The maximum atomic E-state index is 12.8. The summed E-state index contributed by atoms with van der Waals surface area (Å²) in [4.78, 5) is 13.3. The van der Waals surface area contributed by atoms with Crippen LogP contribution in [0.15, 0.2) is 18.2 Å². The second-order valence-electron chi connectivity index (χ2n) is 5.49. The number of amides is 1. The van der Waals surface area contributed by atoms with E-state index in [9.17, 15) is 18.0 Å². The van der Waals surface area contributed by atoms with Gasteiger partial charge in [0, 0.05) is 19.2 Å². The average Bonchev–Trinajstić information content (AvgIpc) is 2.58. The van der Waals surface area contributed by atoms with Crippen LogP contribution in [0.4, 0.5) is 13.2 Å². The fraction of sp³-hybridized carbons (Fsp3) is 0.500. The van der Waals surface area contributed by atoms with Gasteiger partial charge < -0.3 is 14.4 Å². The Morgan fingerprint density at radius 3 is 2.79 bits per heavy atom. The van der Waals surface area contributed by atoms with E-state index in [1.807, 2.05) is 6.07 Å². The van der Waals surface area contributed by atoms with Crippen LogP contribution in [-0.4, -0.2) is 43.8 Å². The van der Waals surface area contributed by atoms with Crippen LogP contribution >= 0.6 is 0 Å². The largest absolute Gasteiger partial charge is 0.493 e. The lowest BCUT2D eigenvalue weighted by molar-refractivity contribution is -0.188. The highest BCUT2D eigenvalue weighted by atomic mass is 19.4. The van der Waals surface area contributed by atoms with Crippen molar-refractivity contribution in [2.24, 2.45) is 5.92 Å². The van der Waals surface area contributed by atoms with Crippen LogP contribution < -0.4 is 9.47 Å². The highest BCUT2D eigenvalue weighted by Crippen LogP contribution is 2.33. The number of hydrogen-bond donors (Lipinski definition) is 0. The lowest BCUT2D eigenvalue weighted by atomic mass is 9.97. The lowest BCUT2D eigenvalue weighted by Crippen LogP contribution is -2.46. The van der Waals surface area contributed by atoms with Gasteiger partial charge in [-0.3, -0.25) is 4.79 Å². The predicted molar refractivity (Wildman–Crippen MR) is 78.6 cm³/mol. The van der Waals surface area contributed by atoms with Crippen LogP contribution in [0, 0.1) is 17.2 Å². The highest BCUT2D eigenvalue weighted by molar-refractivity contribution is 5.78. The summed E-state index contributed by atoms with van der Waals surface area (Å²) in [5.74, 6) is -1.45. The van der Waals surface area contributed by atoms with Crippen molar-refractivity contribution in [1.82, 2.24) is 4.90 Å². The molecule has 0 aromatic heterocycles. The quantitative estimate of drug-likeness (QED) is 0.844. The molecule has 1 aromatic rings. The van der Waals surface area contributed by atoms with Gasteiger partial charge >= 0.3 is 6.18 Å². The van der Waals surface area contributed by atoms with Gasteiger partial charge in [0.1, 0.15) is 0 Å². The summed E-state index contributed by atoms with van der Waals surface area (Å²) in [6.45, 7) is -0.428. The molecule has 0 N–H and O–H groups in total. The summed E-state index contributed by atoms with van der Waals surface area (Å²) in [6.07, 6.45) is -3.94. The van der Waals surface area contributed by atoms with Crippen LogP contribution in [0.1, 0.15) is 18.4 Å². The maximum absolute atomic E-state index is 12.8. The molecule has 1 unspecified atom stereocenters. The van der Waals surface area contributed by atoms with Gasteiger partial charge in [0.05, 0.1) is 24.7 Å². The van der Waals surface area contributed by atoms with Gasteiger partial charge in [-0.2, -0.15) is 18.4 Å². The Labute approximate surface area is 137 Å². The van der Waals surface area contributed by atoms with E-state index in [-0.39, 0.29) is 31.1 Å². The van der Waals surface area contributed by atoms with Gasteiger partial charge in [-0.05, 0) is 25.0 Å². The molecular formula is C16H17F3N2O3. The number of hydrogen-bond acceptors (Lipinski definition) is 4. The monoisotopic (exact) mass is 342 g/mol. The van der Waals surface area contributed by atoms with Gasteiger partial charge in [-0.25, -0.2) is 0 Å². The zero-order valence-electron chi connectivity index (χ0n) is 13.1. The van der Waals surface area contributed by atoms with Crippen molar-refractivity contribution in [3.63, 3.8) is 0 Å². The van der Waals surface area contributed by atoms with E-state index >= 15 is 0 Å². The number of alkyl halides is 3. The molecule has 0 bridgehead atoms. The second-order valence-corrected chi connectivity index (χ2v) is 5.49. The summed E-state index contributed by atoms with van der Waals surface area (Å²) in [5, 5.41) is 8.83. The molecule has 1 amide bonds. The molecular weight excluding hydrogens is 325 g/mol. The summed E-state index contributed by atoms with van der Waals surface area (Å²) in [5.41, 5.74) is 0.370. The predicted octanol–water partition coefficient (Wildman–Crippen LogP) is 2.75. The summed E-state index contributed by atoms with van der Waals surface area (Å²) in [6, 6.07) is 6.39. The first-order valence-corrected chi connectivity index (χ1v) is 7.40. The Morgan fingerprint density at radius 2 is 2.17 bits per heavy atom. The van der Waals surface area contributed by atoms with Crippen LogP contribution in [-0.2, 0) is 4.79 Å². The van der Waals surface area contributed by atoms with E-state index in [0.717, 1.165) is 0 Å². The van der Waals surface area contributed by atoms with Crippen LogP contribution in [0.3, 0.4) is 0 Å². The van der Waals surface area contributed by atoms with E-state index in [4.69, 9.17) is 14.7 Å². The lowest BCUT2D eigenvalue weighted by Gasteiger charge is -2.33. The molecule has 0 radical (unpaired) electrons. The zero-order valence-corrected chi connectivity index (χ0v) is 13.1. The third kappa shape index (κ3) is 4.31. The number of ether oxygens (including phenoxy) is 2. The van der Waals surface area contributed by atoms with Gasteiger partial charge in [0.2, 0.25) is 0 Å². The van der Waals surface area contributed by atoms with Crippen molar-refractivity contribution >= 4 is 5.91 Å². The van der Waals surface area contributed by atoms with Crippen LogP contribution in [0.5, 0.6) is 11.5 Å². The van der Waals surface area contributed by atoms with E-state index < -0.39 is 18.0 Å². The smallest absolute Gasteiger partial charge is 0.393 e. The van der Waals surface area contributed by atoms with Crippen molar-refractivity contribution in [1.29, 1.82) is 5.26 Å². The third-order valence-corrected chi connectivity index (χ3v) is 3.88. The minimum Gasteiger partial charge on any atom is -0.493 e. The molecule has 1 atom stereocenters. The number of halogens is 3. The van der Waals surface area contributed by atoms with Gasteiger partial charge in [0.25, 0.3) is 5.91 Å². The molecule has 5 nitrogen and oxygen atoms in total. The minimum atomic E-state index is -4.30. The molecule has 1 aliphatic rings. The van der Waals surface area contributed by atoms with E-state index in [2.05, 4.69) is 0 Å². The number of carbonyl (C=O) groups excluding carboxylic acids is 1. The molecule has 130 valence electrons. The first-order chi connectivity index (χ1) is 11.3. The molecule has 1 fully saturated rings. The number of methoxy groups -OCH3 is 1. The molecule has 1 heterocycles. The highest BCUT2D eigenvalue weighted by Gasteiger charge is 2.42. The van der Waals surface area contributed by atoms with Crippen molar-refractivity contribution in [2.45, 2.75) is 19.0 Å². The number of rotatable bonds is 4. The SMILES string of the molecule is COc1cc(C#N)ccc1OCC(=O)N1CCCC(C(F)(F)F)C1. The number of benzene rings is 1. The van der Waals surface area contributed by atoms with Crippen molar-refractivity contribution < 1.29 is 27.4 Å². The third-order valence-electron chi connectivity index (χ3n) is 3.88. The number of carbonyl (C=O) groups is 1. The molecule has 1 saturated heterocycles. The molecule has 0 spiro atoms. The topological polar surface area (TPSA) is 62.6 Å². The normalized spacial score (nSPS) is 18.0.